The highest BCUT2D eigenvalue weighted by molar-refractivity contribution is 14.1. The van der Waals surface area contributed by atoms with Crippen LogP contribution in [0.1, 0.15) is 5.69 Å². The van der Waals surface area contributed by atoms with Crippen molar-refractivity contribution in [3.63, 3.8) is 0 Å². The van der Waals surface area contributed by atoms with Crippen LogP contribution in [-0.4, -0.2) is 4.98 Å². The van der Waals surface area contributed by atoms with Crippen LogP contribution >= 0.6 is 22.6 Å². The minimum absolute atomic E-state index is 0.350. The second kappa shape index (κ2) is 4.94. The lowest BCUT2D eigenvalue weighted by Gasteiger charge is -2.04. The van der Waals surface area contributed by atoms with Gasteiger partial charge in [-0.05, 0) is 52.9 Å². The molecule has 0 aliphatic heterocycles. The number of halogens is 1. The highest BCUT2D eigenvalue weighted by atomic mass is 127. The van der Waals surface area contributed by atoms with Gasteiger partial charge in [0.2, 0.25) is 5.88 Å². The maximum Gasteiger partial charge on any atom is 0.220 e. The molecule has 0 N–H and O–H groups in total. The molecule has 1 aromatic heterocycles. The van der Waals surface area contributed by atoms with Crippen molar-refractivity contribution >= 4 is 22.6 Å². The van der Waals surface area contributed by atoms with Crippen molar-refractivity contribution in [3.05, 3.63) is 51.7 Å². The van der Waals surface area contributed by atoms with E-state index in [0.717, 1.165) is 3.57 Å². The fourth-order valence-electron chi connectivity index (χ4n) is 1.16. The van der Waals surface area contributed by atoms with Crippen molar-refractivity contribution in [2.75, 3.05) is 0 Å². The lowest BCUT2D eigenvalue weighted by atomic mass is 10.3. The Bertz CT molecular complexity index is 531. The zero-order valence-corrected chi connectivity index (χ0v) is 10.4. The Kier molecular flexibility index (Phi) is 3.37. The molecule has 1 aromatic carbocycles. The van der Waals surface area contributed by atoms with Crippen LogP contribution in [0.15, 0.2) is 42.5 Å². The molecule has 0 bridgehead atoms. The first kappa shape index (κ1) is 10.9. The van der Waals surface area contributed by atoms with Gasteiger partial charge in [0.1, 0.15) is 17.5 Å². The number of nitriles is 1. The molecule has 0 aliphatic rings. The van der Waals surface area contributed by atoms with Crippen LogP contribution in [0.4, 0.5) is 0 Å². The summed E-state index contributed by atoms with van der Waals surface area (Å²) in [6.07, 6.45) is 0. The monoisotopic (exact) mass is 322 g/mol. The van der Waals surface area contributed by atoms with E-state index in [9.17, 15) is 0 Å². The molecule has 16 heavy (non-hydrogen) atoms. The molecule has 2 rings (SSSR count). The molecule has 0 radical (unpaired) electrons. The van der Waals surface area contributed by atoms with E-state index < -0.39 is 0 Å². The summed E-state index contributed by atoms with van der Waals surface area (Å²) in [7, 11) is 0. The topological polar surface area (TPSA) is 45.9 Å². The van der Waals surface area contributed by atoms with Gasteiger partial charge >= 0.3 is 0 Å². The van der Waals surface area contributed by atoms with E-state index in [1.54, 1.807) is 18.2 Å². The van der Waals surface area contributed by atoms with Crippen LogP contribution in [0.25, 0.3) is 0 Å². The average molecular weight is 322 g/mol. The van der Waals surface area contributed by atoms with Crippen molar-refractivity contribution in [2.24, 2.45) is 0 Å². The van der Waals surface area contributed by atoms with E-state index in [0.29, 0.717) is 17.3 Å². The summed E-state index contributed by atoms with van der Waals surface area (Å²) in [4.78, 5) is 4.02. The Labute approximate surface area is 107 Å². The van der Waals surface area contributed by atoms with Gasteiger partial charge in [-0.2, -0.15) is 5.26 Å². The minimum atomic E-state index is 0.350. The highest BCUT2D eigenvalue weighted by Gasteiger charge is 1.99. The summed E-state index contributed by atoms with van der Waals surface area (Å²) in [5.74, 6) is 1.14. The molecular weight excluding hydrogens is 315 g/mol. The zero-order valence-electron chi connectivity index (χ0n) is 8.22. The van der Waals surface area contributed by atoms with Crippen LogP contribution in [-0.2, 0) is 0 Å². The van der Waals surface area contributed by atoms with Gasteiger partial charge in [-0.1, -0.05) is 6.07 Å². The first-order chi connectivity index (χ1) is 7.78. The van der Waals surface area contributed by atoms with E-state index in [4.69, 9.17) is 10.00 Å². The molecule has 0 amide bonds. The first-order valence-electron chi connectivity index (χ1n) is 4.58. The van der Waals surface area contributed by atoms with Gasteiger partial charge in [-0.3, -0.25) is 0 Å². The van der Waals surface area contributed by atoms with Crippen LogP contribution in [0, 0.1) is 14.9 Å². The summed E-state index contributed by atoms with van der Waals surface area (Å²) in [5, 5.41) is 8.70. The Morgan fingerprint density at radius 1 is 1.12 bits per heavy atom. The molecule has 0 atom stereocenters. The molecule has 0 unspecified atom stereocenters. The molecule has 78 valence electrons. The molecule has 0 fully saturated rings. The average Bonchev–Trinajstić information content (AvgIpc) is 2.32. The molecular formula is C12H7IN2O. The summed E-state index contributed by atoms with van der Waals surface area (Å²) < 4.78 is 6.65. The van der Waals surface area contributed by atoms with E-state index in [1.165, 1.54) is 0 Å². The van der Waals surface area contributed by atoms with Gasteiger partial charge < -0.3 is 4.74 Å². The van der Waals surface area contributed by atoms with Crippen molar-refractivity contribution in [1.82, 2.24) is 4.98 Å². The highest BCUT2D eigenvalue weighted by Crippen LogP contribution is 2.20. The van der Waals surface area contributed by atoms with Gasteiger partial charge in [0.15, 0.2) is 0 Å². The molecule has 0 saturated heterocycles. The minimum Gasteiger partial charge on any atom is -0.439 e. The Morgan fingerprint density at radius 3 is 2.56 bits per heavy atom. The largest absolute Gasteiger partial charge is 0.439 e. The number of rotatable bonds is 2. The van der Waals surface area contributed by atoms with Crippen LogP contribution in [0.5, 0.6) is 11.6 Å². The fourth-order valence-corrected chi connectivity index (χ4v) is 1.52. The van der Waals surface area contributed by atoms with Crippen molar-refractivity contribution in [3.8, 4) is 17.7 Å². The normalized spacial score (nSPS) is 9.50. The van der Waals surface area contributed by atoms with Gasteiger partial charge in [0.05, 0.1) is 0 Å². The molecule has 1 heterocycles. The number of pyridine rings is 1. The second-order valence-electron chi connectivity index (χ2n) is 3.03. The SMILES string of the molecule is N#Cc1cccc(Oc2ccc(I)cc2)n1. The Hall–Kier alpha value is -1.61. The number of aromatic nitrogens is 1. The molecule has 0 saturated carbocycles. The zero-order chi connectivity index (χ0) is 11.4. The van der Waals surface area contributed by atoms with Crippen LogP contribution < -0.4 is 4.74 Å². The molecule has 4 heteroatoms. The molecule has 0 spiro atoms. The smallest absolute Gasteiger partial charge is 0.220 e. The Morgan fingerprint density at radius 2 is 1.88 bits per heavy atom. The summed E-state index contributed by atoms with van der Waals surface area (Å²) in [5.41, 5.74) is 0.350. The Balaban J connectivity index is 2.21. The predicted molar refractivity (Wildman–Crippen MR) is 68.2 cm³/mol. The third-order valence-corrected chi connectivity index (χ3v) is 2.59. The van der Waals surface area contributed by atoms with Gasteiger partial charge in [0, 0.05) is 9.64 Å². The van der Waals surface area contributed by atoms with Crippen molar-refractivity contribution in [2.45, 2.75) is 0 Å². The third kappa shape index (κ3) is 2.70. The second-order valence-corrected chi connectivity index (χ2v) is 4.27. The van der Waals surface area contributed by atoms with E-state index >= 15 is 0 Å². The summed E-state index contributed by atoms with van der Waals surface area (Å²) in [6.45, 7) is 0. The first-order valence-corrected chi connectivity index (χ1v) is 5.66. The predicted octanol–water partition coefficient (Wildman–Crippen LogP) is 3.35. The fraction of sp³-hybridized carbons (Fsp3) is 0. The number of benzene rings is 1. The van der Waals surface area contributed by atoms with Crippen molar-refractivity contribution in [1.29, 1.82) is 5.26 Å². The molecule has 2 aromatic rings. The van der Waals surface area contributed by atoms with Gasteiger partial charge in [-0.15, -0.1) is 0 Å². The van der Waals surface area contributed by atoms with Crippen molar-refractivity contribution < 1.29 is 4.74 Å². The van der Waals surface area contributed by atoms with E-state index in [2.05, 4.69) is 27.6 Å². The summed E-state index contributed by atoms with van der Waals surface area (Å²) >= 11 is 2.22. The summed E-state index contributed by atoms with van der Waals surface area (Å²) in [6, 6.07) is 14.7. The number of nitrogens with zero attached hydrogens (tertiary/aromatic N) is 2. The number of ether oxygens (including phenoxy) is 1. The van der Waals surface area contributed by atoms with Crippen LogP contribution in [0.3, 0.4) is 0 Å². The third-order valence-electron chi connectivity index (χ3n) is 1.87. The van der Waals surface area contributed by atoms with E-state index in [1.807, 2.05) is 30.3 Å². The van der Waals surface area contributed by atoms with Crippen LogP contribution in [0.2, 0.25) is 0 Å². The maximum absolute atomic E-state index is 8.70. The number of hydrogen-bond donors (Lipinski definition) is 0. The maximum atomic E-state index is 8.70. The quantitative estimate of drug-likeness (QED) is 0.797. The standard InChI is InChI=1S/C12H7IN2O/c13-9-4-6-11(7-5-9)16-12-3-1-2-10(8-14)15-12/h1-7H. The van der Waals surface area contributed by atoms with Gasteiger partial charge in [0.25, 0.3) is 0 Å². The van der Waals surface area contributed by atoms with E-state index in [-0.39, 0.29) is 0 Å². The van der Waals surface area contributed by atoms with Gasteiger partial charge in [-0.25, -0.2) is 4.98 Å². The molecule has 0 aliphatic carbocycles. The lowest BCUT2D eigenvalue weighted by molar-refractivity contribution is 0.462. The molecule has 3 nitrogen and oxygen atoms in total. The number of hydrogen-bond acceptors (Lipinski definition) is 3. The lowest BCUT2D eigenvalue weighted by Crippen LogP contribution is -1.89.